The summed E-state index contributed by atoms with van der Waals surface area (Å²) in [6.45, 7) is 8.11. The first-order valence-corrected chi connectivity index (χ1v) is 11.0. The van der Waals surface area contributed by atoms with Gasteiger partial charge in [-0.15, -0.1) is 23.7 Å². The smallest absolute Gasteiger partial charge is 0.243 e. The van der Waals surface area contributed by atoms with E-state index in [1.54, 1.807) is 11.3 Å². The standard InChI is InChI=1S/C22H30N4O3S.ClH/c1-13-18(30-12-25-13)15-7-5-14(6-8-15)10-24-20(28)17-9-16(27)11-26(17)21(29)19(23)22(2,3)4;/h5-8,12,16-17,19,27H,9-11,23H2,1-4H3,(H,24,28);1H/t16-,17-,19+;/m1./s1. The molecule has 2 aromatic rings. The second-order valence-corrected chi connectivity index (χ2v) is 9.78. The van der Waals surface area contributed by atoms with Gasteiger partial charge in [-0.3, -0.25) is 9.59 Å². The van der Waals surface area contributed by atoms with Crippen molar-refractivity contribution in [1.29, 1.82) is 0 Å². The van der Waals surface area contributed by atoms with Crippen molar-refractivity contribution in [2.24, 2.45) is 11.1 Å². The lowest BCUT2D eigenvalue weighted by atomic mass is 9.86. The van der Waals surface area contributed by atoms with Crippen LogP contribution in [0.2, 0.25) is 0 Å². The number of hydrogen-bond acceptors (Lipinski definition) is 6. The van der Waals surface area contributed by atoms with E-state index in [0.29, 0.717) is 6.54 Å². The molecule has 1 fully saturated rings. The van der Waals surface area contributed by atoms with Crippen LogP contribution in [-0.4, -0.2) is 51.5 Å². The molecule has 2 heterocycles. The molecule has 0 unspecified atom stereocenters. The SMILES string of the molecule is Cc1ncsc1-c1ccc(CNC(=O)[C@H]2C[C@@H](O)CN2C(=O)[C@H](N)C(C)(C)C)cc1.Cl. The van der Waals surface area contributed by atoms with Gasteiger partial charge in [0, 0.05) is 19.5 Å². The molecule has 0 bridgehead atoms. The first-order valence-electron chi connectivity index (χ1n) is 10.1. The van der Waals surface area contributed by atoms with E-state index in [1.165, 1.54) is 4.90 Å². The summed E-state index contributed by atoms with van der Waals surface area (Å²) in [5.74, 6) is -0.577. The zero-order chi connectivity index (χ0) is 22.1. The summed E-state index contributed by atoms with van der Waals surface area (Å²) in [4.78, 5) is 32.4. The molecule has 31 heavy (non-hydrogen) atoms. The molecule has 0 saturated carbocycles. The first kappa shape index (κ1) is 25.3. The fourth-order valence-corrected chi connectivity index (χ4v) is 4.33. The Balaban J connectivity index is 0.00000341. The van der Waals surface area contributed by atoms with Crippen LogP contribution in [0.3, 0.4) is 0 Å². The zero-order valence-electron chi connectivity index (χ0n) is 18.3. The molecule has 9 heteroatoms. The van der Waals surface area contributed by atoms with Crippen LogP contribution < -0.4 is 11.1 Å². The summed E-state index contributed by atoms with van der Waals surface area (Å²) in [6, 6.07) is 6.52. The van der Waals surface area contributed by atoms with Crippen LogP contribution in [0.5, 0.6) is 0 Å². The monoisotopic (exact) mass is 466 g/mol. The van der Waals surface area contributed by atoms with Crippen molar-refractivity contribution < 1.29 is 14.7 Å². The fraction of sp³-hybridized carbons (Fsp3) is 0.500. The lowest BCUT2D eigenvalue weighted by molar-refractivity contribution is -0.141. The molecule has 4 N–H and O–H groups in total. The van der Waals surface area contributed by atoms with Gasteiger partial charge in [-0.2, -0.15) is 0 Å². The van der Waals surface area contributed by atoms with E-state index in [0.717, 1.165) is 21.7 Å². The van der Waals surface area contributed by atoms with Crippen LogP contribution in [-0.2, 0) is 16.1 Å². The summed E-state index contributed by atoms with van der Waals surface area (Å²) in [5, 5.41) is 13.0. The van der Waals surface area contributed by atoms with E-state index in [4.69, 9.17) is 5.73 Å². The molecule has 1 aromatic carbocycles. The summed E-state index contributed by atoms with van der Waals surface area (Å²) in [7, 11) is 0. The summed E-state index contributed by atoms with van der Waals surface area (Å²) in [5.41, 5.74) is 10.6. The molecule has 0 aliphatic carbocycles. The van der Waals surface area contributed by atoms with E-state index in [1.807, 2.05) is 57.5 Å². The van der Waals surface area contributed by atoms with Gasteiger partial charge in [-0.1, -0.05) is 45.0 Å². The maximum absolute atomic E-state index is 12.8. The molecule has 1 aliphatic heterocycles. The predicted octanol–water partition coefficient (Wildman–Crippen LogP) is 2.49. The fourth-order valence-electron chi connectivity index (χ4n) is 3.51. The number of thiazole rings is 1. The van der Waals surface area contributed by atoms with Gasteiger partial charge in [0.25, 0.3) is 0 Å². The topological polar surface area (TPSA) is 109 Å². The highest BCUT2D eigenvalue weighted by Crippen LogP contribution is 2.27. The molecule has 2 amide bonds. The molecule has 3 atom stereocenters. The number of carbonyl (C=O) groups is 2. The van der Waals surface area contributed by atoms with Crippen molar-refractivity contribution in [2.75, 3.05) is 6.54 Å². The third kappa shape index (κ3) is 5.83. The highest BCUT2D eigenvalue weighted by atomic mass is 35.5. The van der Waals surface area contributed by atoms with Crippen molar-refractivity contribution in [3.63, 3.8) is 0 Å². The zero-order valence-corrected chi connectivity index (χ0v) is 19.9. The number of rotatable bonds is 5. The molecule has 170 valence electrons. The van der Waals surface area contributed by atoms with Crippen LogP contribution in [0, 0.1) is 12.3 Å². The number of halogens is 1. The predicted molar refractivity (Wildman–Crippen MR) is 125 cm³/mol. The quantitative estimate of drug-likeness (QED) is 0.627. The van der Waals surface area contributed by atoms with Gasteiger partial charge in [0.05, 0.1) is 28.2 Å². The number of benzene rings is 1. The molecule has 1 aliphatic rings. The Morgan fingerprint density at radius 3 is 2.52 bits per heavy atom. The average molecular weight is 467 g/mol. The number of hydrogen-bond donors (Lipinski definition) is 3. The van der Waals surface area contributed by atoms with E-state index in [-0.39, 0.29) is 37.2 Å². The Kier molecular flexibility index (Phi) is 8.21. The van der Waals surface area contributed by atoms with Crippen molar-refractivity contribution >= 4 is 35.6 Å². The molecule has 0 radical (unpaired) electrons. The highest BCUT2D eigenvalue weighted by Gasteiger charge is 2.42. The molecule has 1 aromatic heterocycles. The minimum atomic E-state index is -0.735. The van der Waals surface area contributed by atoms with E-state index in [9.17, 15) is 14.7 Å². The van der Waals surface area contributed by atoms with E-state index >= 15 is 0 Å². The average Bonchev–Trinajstić information content (AvgIpc) is 3.30. The second-order valence-electron chi connectivity index (χ2n) is 8.92. The van der Waals surface area contributed by atoms with Crippen molar-refractivity contribution in [3.8, 4) is 10.4 Å². The van der Waals surface area contributed by atoms with Crippen LogP contribution in [0.25, 0.3) is 10.4 Å². The Bertz CT molecular complexity index is 910. The summed E-state index contributed by atoms with van der Waals surface area (Å²) in [6.07, 6.45) is -0.503. The molecule has 3 rings (SSSR count). The number of amides is 2. The second kappa shape index (κ2) is 10.1. The maximum atomic E-state index is 12.8. The normalized spacial score (nSPS) is 19.6. The van der Waals surface area contributed by atoms with Crippen LogP contribution in [0.1, 0.15) is 38.4 Å². The van der Waals surface area contributed by atoms with Crippen LogP contribution in [0.4, 0.5) is 0 Å². The van der Waals surface area contributed by atoms with Gasteiger partial charge >= 0.3 is 0 Å². The first-order chi connectivity index (χ1) is 14.1. The summed E-state index contributed by atoms with van der Waals surface area (Å²) >= 11 is 1.60. The highest BCUT2D eigenvalue weighted by molar-refractivity contribution is 7.13. The lowest BCUT2D eigenvalue weighted by Gasteiger charge is -2.32. The number of aliphatic hydroxyl groups is 1. The number of likely N-dealkylation sites (tertiary alicyclic amines) is 1. The Morgan fingerprint density at radius 2 is 1.97 bits per heavy atom. The number of aliphatic hydroxyl groups excluding tert-OH is 1. The maximum Gasteiger partial charge on any atom is 0.243 e. The summed E-state index contributed by atoms with van der Waals surface area (Å²) < 4.78 is 0. The minimum absolute atomic E-state index is 0. The van der Waals surface area contributed by atoms with Crippen LogP contribution >= 0.6 is 23.7 Å². The van der Waals surface area contributed by atoms with E-state index in [2.05, 4.69) is 10.3 Å². The van der Waals surface area contributed by atoms with Gasteiger partial charge < -0.3 is 21.1 Å². The van der Waals surface area contributed by atoms with Crippen LogP contribution in [0.15, 0.2) is 29.8 Å². The number of β-amino-alcohol motifs (C(OH)–C–C–N with tert-alkyl or cyclic N) is 1. The molecule has 1 saturated heterocycles. The number of aryl methyl sites for hydroxylation is 1. The van der Waals surface area contributed by atoms with E-state index < -0.39 is 23.6 Å². The van der Waals surface area contributed by atoms with Crippen molar-refractivity contribution in [2.45, 2.75) is 58.8 Å². The van der Waals surface area contributed by atoms with Gasteiger partial charge in [-0.25, -0.2) is 4.98 Å². The lowest BCUT2D eigenvalue weighted by Crippen LogP contribution is -2.54. The minimum Gasteiger partial charge on any atom is -0.391 e. The molecular formula is C22H31ClN4O3S. The molecule has 0 spiro atoms. The number of carbonyl (C=O) groups excluding carboxylic acids is 2. The van der Waals surface area contributed by atoms with Gasteiger partial charge in [0.1, 0.15) is 6.04 Å². The Labute approximate surface area is 193 Å². The van der Waals surface area contributed by atoms with Gasteiger partial charge in [0.2, 0.25) is 11.8 Å². The Morgan fingerprint density at radius 1 is 1.32 bits per heavy atom. The third-order valence-corrected chi connectivity index (χ3v) is 6.47. The number of nitrogens with zero attached hydrogens (tertiary/aromatic N) is 2. The third-order valence-electron chi connectivity index (χ3n) is 5.49. The van der Waals surface area contributed by atoms with Crippen molar-refractivity contribution in [1.82, 2.24) is 15.2 Å². The molecular weight excluding hydrogens is 436 g/mol. The Hall–Kier alpha value is -2.00. The largest absolute Gasteiger partial charge is 0.391 e. The van der Waals surface area contributed by atoms with Gasteiger partial charge in [-0.05, 0) is 23.5 Å². The van der Waals surface area contributed by atoms with Crippen molar-refractivity contribution in [3.05, 3.63) is 41.0 Å². The number of nitrogens with one attached hydrogen (secondary N) is 1. The molecule has 7 nitrogen and oxygen atoms in total. The van der Waals surface area contributed by atoms with Gasteiger partial charge in [0.15, 0.2) is 0 Å². The number of aromatic nitrogens is 1. The number of nitrogens with two attached hydrogens (primary N) is 1.